The van der Waals surface area contributed by atoms with Crippen molar-refractivity contribution in [1.29, 1.82) is 0 Å². The summed E-state index contributed by atoms with van der Waals surface area (Å²) >= 11 is 0. The topological polar surface area (TPSA) is 48.5 Å². The molecule has 0 amide bonds. The Morgan fingerprint density at radius 2 is 1.96 bits per heavy atom. The SMILES string of the molecule is Cn1cc(Cn2cnc(-c3ccc(F)cc3)c2-c2ccnc3c2C=CC3)cn1. The highest BCUT2D eigenvalue weighted by Gasteiger charge is 2.21. The van der Waals surface area contributed by atoms with Crippen LogP contribution in [0.5, 0.6) is 0 Å². The van der Waals surface area contributed by atoms with E-state index < -0.39 is 0 Å². The molecule has 0 aliphatic heterocycles. The van der Waals surface area contributed by atoms with Crippen molar-refractivity contribution < 1.29 is 4.39 Å². The van der Waals surface area contributed by atoms with Gasteiger partial charge in [-0.05, 0) is 30.3 Å². The van der Waals surface area contributed by atoms with Gasteiger partial charge in [-0.2, -0.15) is 5.10 Å². The van der Waals surface area contributed by atoms with Gasteiger partial charge in [0.1, 0.15) is 5.82 Å². The van der Waals surface area contributed by atoms with Crippen LogP contribution in [0.3, 0.4) is 0 Å². The molecule has 0 unspecified atom stereocenters. The number of benzene rings is 1. The first-order chi connectivity index (χ1) is 13.7. The second kappa shape index (κ2) is 6.56. The Morgan fingerprint density at radius 3 is 2.75 bits per heavy atom. The quantitative estimate of drug-likeness (QED) is 0.543. The maximum absolute atomic E-state index is 13.4. The van der Waals surface area contributed by atoms with Crippen LogP contribution in [0.4, 0.5) is 4.39 Å². The molecule has 4 aromatic rings. The van der Waals surface area contributed by atoms with Crippen molar-refractivity contribution in [2.45, 2.75) is 13.0 Å². The number of imidazole rings is 1. The molecule has 0 saturated carbocycles. The number of halogens is 1. The largest absolute Gasteiger partial charge is 0.325 e. The lowest BCUT2D eigenvalue weighted by atomic mass is 10.0. The van der Waals surface area contributed by atoms with Crippen LogP contribution in [0.15, 0.2) is 61.3 Å². The number of rotatable bonds is 4. The molecule has 0 saturated heterocycles. The van der Waals surface area contributed by atoms with Gasteiger partial charge in [0, 0.05) is 48.1 Å². The summed E-state index contributed by atoms with van der Waals surface area (Å²) in [5.41, 5.74) is 7.08. The van der Waals surface area contributed by atoms with E-state index in [0.29, 0.717) is 6.54 Å². The lowest BCUT2D eigenvalue weighted by molar-refractivity contribution is 0.628. The van der Waals surface area contributed by atoms with Crippen LogP contribution in [-0.2, 0) is 20.0 Å². The minimum atomic E-state index is -0.257. The van der Waals surface area contributed by atoms with Gasteiger partial charge in [0.2, 0.25) is 0 Å². The van der Waals surface area contributed by atoms with Crippen LogP contribution in [0, 0.1) is 5.82 Å². The van der Waals surface area contributed by atoms with Crippen LogP contribution in [0.1, 0.15) is 16.8 Å². The molecular weight excluding hydrogens is 353 g/mol. The molecule has 28 heavy (non-hydrogen) atoms. The molecule has 1 aliphatic rings. The molecule has 0 spiro atoms. The van der Waals surface area contributed by atoms with Gasteiger partial charge in [-0.1, -0.05) is 12.2 Å². The number of hydrogen-bond acceptors (Lipinski definition) is 3. The second-order valence-corrected chi connectivity index (χ2v) is 6.92. The van der Waals surface area contributed by atoms with Crippen molar-refractivity contribution in [3.63, 3.8) is 0 Å². The number of pyridine rings is 1. The molecule has 0 N–H and O–H groups in total. The van der Waals surface area contributed by atoms with Crippen LogP contribution < -0.4 is 0 Å². The van der Waals surface area contributed by atoms with E-state index in [2.05, 4.69) is 31.8 Å². The molecule has 5 nitrogen and oxygen atoms in total. The van der Waals surface area contributed by atoms with E-state index in [1.165, 1.54) is 12.1 Å². The van der Waals surface area contributed by atoms with E-state index in [1.807, 2.05) is 38.0 Å². The lowest BCUT2D eigenvalue weighted by Gasteiger charge is -2.13. The van der Waals surface area contributed by atoms with Crippen molar-refractivity contribution in [2.24, 2.45) is 7.05 Å². The van der Waals surface area contributed by atoms with Gasteiger partial charge in [-0.25, -0.2) is 9.37 Å². The van der Waals surface area contributed by atoms with Crippen LogP contribution in [0.2, 0.25) is 0 Å². The van der Waals surface area contributed by atoms with E-state index >= 15 is 0 Å². The zero-order chi connectivity index (χ0) is 19.1. The number of nitrogens with zero attached hydrogens (tertiary/aromatic N) is 5. The summed E-state index contributed by atoms with van der Waals surface area (Å²) < 4.78 is 17.4. The fraction of sp³-hybridized carbons (Fsp3) is 0.136. The summed E-state index contributed by atoms with van der Waals surface area (Å²) in [6, 6.07) is 8.50. The predicted molar refractivity (Wildman–Crippen MR) is 106 cm³/mol. The number of fused-ring (bicyclic) bond motifs is 1. The lowest BCUT2D eigenvalue weighted by Crippen LogP contribution is -2.02. The summed E-state index contributed by atoms with van der Waals surface area (Å²) in [4.78, 5) is 9.20. The van der Waals surface area contributed by atoms with E-state index in [4.69, 9.17) is 0 Å². The normalized spacial score (nSPS) is 12.5. The summed E-state index contributed by atoms with van der Waals surface area (Å²) in [6.07, 6.45) is 12.6. The molecule has 138 valence electrons. The van der Waals surface area contributed by atoms with Crippen molar-refractivity contribution in [3.8, 4) is 22.5 Å². The van der Waals surface area contributed by atoms with Crippen LogP contribution in [-0.4, -0.2) is 24.3 Å². The highest BCUT2D eigenvalue weighted by atomic mass is 19.1. The average Bonchev–Trinajstić information content (AvgIpc) is 3.42. The minimum absolute atomic E-state index is 0.257. The van der Waals surface area contributed by atoms with Gasteiger partial charge in [0.25, 0.3) is 0 Å². The first-order valence-electron chi connectivity index (χ1n) is 9.12. The van der Waals surface area contributed by atoms with Crippen molar-refractivity contribution in [1.82, 2.24) is 24.3 Å². The molecule has 3 heterocycles. The fourth-order valence-corrected chi connectivity index (χ4v) is 3.71. The molecular formula is C22H18FN5. The maximum atomic E-state index is 13.4. The smallest absolute Gasteiger partial charge is 0.123 e. The third-order valence-corrected chi connectivity index (χ3v) is 4.99. The zero-order valence-electron chi connectivity index (χ0n) is 15.4. The molecule has 5 rings (SSSR count). The number of allylic oxidation sites excluding steroid dienone is 1. The summed E-state index contributed by atoms with van der Waals surface area (Å²) in [5.74, 6) is -0.257. The van der Waals surface area contributed by atoms with Crippen LogP contribution >= 0.6 is 0 Å². The Hall–Kier alpha value is -3.54. The maximum Gasteiger partial charge on any atom is 0.123 e. The first kappa shape index (κ1) is 16.6. The van der Waals surface area contributed by atoms with E-state index in [9.17, 15) is 4.39 Å². The van der Waals surface area contributed by atoms with Crippen LogP contribution in [0.25, 0.3) is 28.6 Å². The van der Waals surface area contributed by atoms with E-state index in [0.717, 1.165) is 45.8 Å². The highest BCUT2D eigenvalue weighted by Crippen LogP contribution is 2.36. The predicted octanol–water partition coefficient (Wildman–Crippen LogP) is 4.10. The van der Waals surface area contributed by atoms with Gasteiger partial charge in [0.15, 0.2) is 0 Å². The molecule has 6 heteroatoms. The molecule has 0 fully saturated rings. The molecule has 3 aromatic heterocycles. The van der Waals surface area contributed by atoms with Gasteiger partial charge in [-0.3, -0.25) is 9.67 Å². The number of aryl methyl sites for hydroxylation is 1. The Bertz CT molecular complexity index is 1180. The Kier molecular flexibility index (Phi) is 3.90. The van der Waals surface area contributed by atoms with Gasteiger partial charge >= 0.3 is 0 Å². The molecule has 0 bridgehead atoms. The molecule has 1 aliphatic carbocycles. The number of aromatic nitrogens is 5. The van der Waals surface area contributed by atoms with Gasteiger partial charge < -0.3 is 4.57 Å². The molecule has 1 aromatic carbocycles. The first-order valence-corrected chi connectivity index (χ1v) is 9.12. The van der Waals surface area contributed by atoms with E-state index in [-0.39, 0.29) is 5.82 Å². The van der Waals surface area contributed by atoms with Crippen molar-refractivity contribution in [3.05, 3.63) is 84.0 Å². The summed E-state index contributed by atoms with van der Waals surface area (Å²) in [5, 5.41) is 4.27. The Labute approximate surface area is 161 Å². The zero-order valence-corrected chi connectivity index (χ0v) is 15.4. The summed E-state index contributed by atoms with van der Waals surface area (Å²) in [6.45, 7) is 0.651. The third kappa shape index (κ3) is 2.83. The minimum Gasteiger partial charge on any atom is -0.325 e. The highest BCUT2D eigenvalue weighted by molar-refractivity contribution is 5.85. The Balaban J connectivity index is 1.70. The third-order valence-electron chi connectivity index (χ3n) is 4.99. The Morgan fingerprint density at radius 1 is 1.11 bits per heavy atom. The van der Waals surface area contributed by atoms with Crippen molar-refractivity contribution in [2.75, 3.05) is 0 Å². The second-order valence-electron chi connectivity index (χ2n) is 6.92. The molecule has 0 radical (unpaired) electrons. The monoisotopic (exact) mass is 371 g/mol. The van der Waals surface area contributed by atoms with Gasteiger partial charge in [0.05, 0.1) is 36.2 Å². The fourth-order valence-electron chi connectivity index (χ4n) is 3.71. The standard InChI is InChI=1S/C22H18FN5/c1-27-12-15(11-26-27)13-28-14-25-21(16-5-7-17(23)8-6-16)22(28)19-9-10-24-20-4-2-3-18(19)20/h2-3,5-12,14H,4,13H2,1H3. The average molecular weight is 371 g/mol. The van der Waals surface area contributed by atoms with E-state index in [1.54, 1.807) is 16.8 Å². The van der Waals surface area contributed by atoms with Crippen molar-refractivity contribution >= 4 is 6.08 Å². The number of hydrogen-bond donors (Lipinski definition) is 0. The summed E-state index contributed by atoms with van der Waals surface area (Å²) in [7, 11) is 1.91. The molecule has 0 atom stereocenters. The van der Waals surface area contributed by atoms with Gasteiger partial charge in [-0.15, -0.1) is 0 Å².